The number of halogens is 2. The van der Waals surface area contributed by atoms with E-state index in [4.69, 9.17) is 5.73 Å². The van der Waals surface area contributed by atoms with Crippen molar-refractivity contribution in [3.05, 3.63) is 41.1 Å². The third-order valence-electron chi connectivity index (χ3n) is 3.35. The summed E-state index contributed by atoms with van der Waals surface area (Å²) in [5.74, 6) is -0.550. The average Bonchev–Trinajstić information content (AvgIpc) is 2.71. The Morgan fingerprint density at radius 1 is 1.17 bits per heavy atom. The van der Waals surface area contributed by atoms with Crippen molar-refractivity contribution in [3.63, 3.8) is 0 Å². The number of benzene rings is 1. The molecule has 0 atom stereocenters. The van der Waals surface area contributed by atoms with E-state index in [1.807, 2.05) is 0 Å². The maximum atomic E-state index is 13.8. The summed E-state index contributed by atoms with van der Waals surface area (Å²) in [5.41, 5.74) is 7.85. The predicted molar refractivity (Wildman–Crippen MR) is 64.5 cm³/mol. The zero-order valence-electron chi connectivity index (χ0n) is 9.79. The Hall–Kier alpha value is -1.91. The second-order valence-electron chi connectivity index (χ2n) is 4.53. The maximum absolute atomic E-state index is 13.8. The maximum Gasteiger partial charge on any atom is 0.149 e. The van der Waals surface area contributed by atoms with E-state index < -0.39 is 11.6 Å². The van der Waals surface area contributed by atoms with Gasteiger partial charge >= 0.3 is 0 Å². The zero-order valence-corrected chi connectivity index (χ0v) is 9.79. The quantitative estimate of drug-likeness (QED) is 0.844. The van der Waals surface area contributed by atoms with Crippen LogP contribution in [0.2, 0.25) is 0 Å². The van der Waals surface area contributed by atoms with Gasteiger partial charge in [-0.15, -0.1) is 0 Å². The van der Waals surface area contributed by atoms with Crippen molar-refractivity contribution in [1.82, 2.24) is 9.78 Å². The van der Waals surface area contributed by atoms with Crippen LogP contribution in [-0.4, -0.2) is 9.78 Å². The van der Waals surface area contributed by atoms with Gasteiger partial charge in [-0.25, -0.2) is 13.5 Å². The molecule has 0 amide bonds. The highest BCUT2D eigenvalue weighted by atomic mass is 19.1. The smallest absolute Gasteiger partial charge is 0.149 e. The molecule has 3 rings (SSSR count). The molecule has 0 bridgehead atoms. The van der Waals surface area contributed by atoms with E-state index in [9.17, 15) is 8.78 Å². The van der Waals surface area contributed by atoms with E-state index in [0.717, 1.165) is 55.1 Å². The molecule has 1 aromatic heterocycles. The van der Waals surface area contributed by atoms with Crippen LogP contribution in [0.1, 0.15) is 24.1 Å². The van der Waals surface area contributed by atoms with E-state index in [0.29, 0.717) is 5.82 Å². The molecule has 1 heterocycles. The van der Waals surface area contributed by atoms with Gasteiger partial charge in [0.15, 0.2) is 0 Å². The van der Waals surface area contributed by atoms with Crippen LogP contribution < -0.4 is 5.73 Å². The third-order valence-corrected chi connectivity index (χ3v) is 3.35. The van der Waals surface area contributed by atoms with Gasteiger partial charge < -0.3 is 5.73 Å². The lowest BCUT2D eigenvalue weighted by Crippen LogP contribution is -2.09. The topological polar surface area (TPSA) is 43.8 Å². The van der Waals surface area contributed by atoms with Gasteiger partial charge in [-0.3, -0.25) is 0 Å². The number of fused-ring (bicyclic) bond motifs is 1. The fourth-order valence-corrected chi connectivity index (χ4v) is 2.47. The monoisotopic (exact) mass is 249 g/mol. The number of hydrogen-bond acceptors (Lipinski definition) is 2. The second-order valence-corrected chi connectivity index (χ2v) is 4.53. The molecule has 0 aliphatic heterocycles. The first-order chi connectivity index (χ1) is 8.66. The molecular weight excluding hydrogens is 236 g/mol. The summed E-state index contributed by atoms with van der Waals surface area (Å²) in [6, 6.07) is 3.35. The van der Waals surface area contributed by atoms with Gasteiger partial charge in [-0.2, -0.15) is 5.10 Å². The molecule has 0 unspecified atom stereocenters. The van der Waals surface area contributed by atoms with Crippen LogP contribution in [-0.2, 0) is 12.8 Å². The van der Waals surface area contributed by atoms with Crippen molar-refractivity contribution in [3.8, 4) is 5.69 Å². The molecule has 3 nitrogen and oxygen atoms in total. The Balaban J connectivity index is 2.20. The van der Waals surface area contributed by atoms with Crippen molar-refractivity contribution in [2.45, 2.75) is 25.7 Å². The molecule has 1 aliphatic rings. The molecule has 0 saturated heterocycles. The number of nitrogens with zero attached hydrogens (tertiary/aromatic N) is 2. The largest absolute Gasteiger partial charge is 0.382 e. The van der Waals surface area contributed by atoms with Gasteiger partial charge in [0.1, 0.15) is 23.1 Å². The molecule has 0 saturated carbocycles. The number of nitrogens with two attached hydrogens (primary N) is 1. The molecule has 0 fully saturated rings. The van der Waals surface area contributed by atoms with Crippen LogP contribution in [0, 0.1) is 11.6 Å². The number of aromatic nitrogens is 2. The first-order valence-electron chi connectivity index (χ1n) is 5.98. The van der Waals surface area contributed by atoms with Crippen LogP contribution in [0.5, 0.6) is 0 Å². The van der Waals surface area contributed by atoms with Gasteiger partial charge in [0.2, 0.25) is 0 Å². The molecular formula is C13H13F2N3. The summed E-state index contributed by atoms with van der Waals surface area (Å²) in [6.45, 7) is 0. The van der Waals surface area contributed by atoms with E-state index in [2.05, 4.69) is 5.10 Å². The normalized spacial score (nSPS) is 14.6. The highest BCUT2D eigenvalue weighted by Gasteiger charge is 2.21. The molecule has 1 aliphatic carbocycles. The summed E-state index contributed by atoms with van der Waals surface area (Å²) in [7, 11) is 0. The van der Waals surface area contributed by atoms with E-state index in [1.54, 1.807) is 0 Å². The van der Waals surface area contributed by atoms with Gasteiger partial charge in [0, 0.05) is 17.3 Å². The molecule has 0 radical (unpaired) electrons. The fraction of sp³-hybridized carbons (Fsp3) is 0.308. The molecule has 18 heavy (non-hydrogen) atoms. The predicted octanol–water partition coefficient (Wildman–Crippen LogP) is 2.61. The Morgan fingerprint density at radius 2 is 1.94 bits per heavy atom. The molecule has 1 aromatic carbocycles. The van der Waals surface area contributed by atoms with E-state index in [-0.39, 0.29) is 5.69 Å². The Labute approximate surface area is 103 Å². The first-order valence-corrected chi connectivity index (χ1v) is 5.98. The minimum Gasteiger partial charge on any atom is -0.382 e. The van der Waals surface area contributed by atoms with Crippen LogP contribution >= 0.6 is 0 Å². The minimum absolute atomic E-state index is 0.129. The highest BCUT2D eigenvalue weighted by molar-refractivity contribution is 5.48. The summed E-state index contributed by atoms with van der Waals surface area (Å²) in [4.78, 5) is 0. The summed E-state index contributed by atoms with van der Waals surface area (Å²) >= 11 is 0. The lowest BCUT2D eigenvalue weighted by molar-refractivity contribution is 0.578. The fourth-order valence-electron chi connectivity index (χ4n) is 2.47. The van der Waals surface area contributed by atoms with Gasteiger partial charge in [0.25, 0.3) is 0 Å². The summed E-state index contributed by atoms with van der Waals surface area (Å²) in [6.07, 6.45) is 3.75. The SMILES string of the molecule is Nc1nn(-c2cc(F)ccc2F)c2c1CCCC2. The van der Waals surface area contributed by atoms with Crippen LogP contribution in [0.4, 0.5) is 14.6 Å². The number of hydrogen-bond donors (Lipinski definition) is 1. The van der Waals surface area contributed by atoms with E-state index >= 15 is 0 Å². The third kappa shape index (κ3) is 1.66. The van der Waals surface area contributed by atoms with Crippen LogP contribution in [0.15, 0.2) is 18.2 Å². The highest BCUT2D eigenvalue weighted by Crippen LogP contribution is 2.29. The van der Waals surface area contributed by atoms with Crippen molar-refractivity contribution in [2.24, 2.45) is 0 Å². The molecule has 2 aromatic rings. The van der Waals surface area contributed by atoms with Crippen molar-refractivity contribution in [1.29, 1.82) is 0 Å². The van der Waals surface area contributed by atoms with Crippen molar-refractivity contribution in [2.75, 3.05) is 5.73 Å². The number of rotatable bonds is 1. The zero-order chi connectivity index (χ0) is 12.7. The van der Waals surface area contributed by atoms with Crippen molar-refractivity contribution < 1.29 is 8.78 Å². The standard InChI is InChI=1S/C13H13F2N3/c14-8-5-6-10(15)12(7-8)18-11-4-2-1-3-9(11)13(16)17-18/h5-7H,1-4H2,(H2,16,17). The average molecular weight is 249 g/mol. The van der Waals surface area contributed by atoms with Gasteiger partial charge in [-0.05, 0) is 37.8 Å². The second kappa shape index (κ2) is 4.08. The van der Waals surface area contributed by atoms with Gasteiger partial charge in [-0.1, -0.05) is 0 Å². The lowest BCUT2D eigenvalue weighted by Gasteiger charge is -2.14. The van der Waals surface area contributed by atoms with Crippen LogP contribution in [0.3, 0.4) is 0 Å². The van der Waals surface area contributed by atoms with Gasteiger partial charge in [0.05, 0.1) is 0 Å². The first kappa shape index (κ1) is 11.2. The molecule has 5 heteroatoms. The van der Waals surface area contributed by atoms with Crippen LogP contribution in [0.25, 0.3) is 5.69 Å². The summed E-state index contributed by atoms with van der Waals surface area (Å²) in [5, 5.41) is 4.15. The Kier molecular flexibility index (Phi) is 2.54. The Bertz CT molecular complexity index is 605. The number of anilines is 1. The molecule has 0 spiro atoms. The summed E-state index contributed by atoms with van der Waals surface area (Å²) < 4.78 is 28.4. The van der Waals surface area contributed by atoms with E-state index in [1.165, 1.54) is 4.68 Å². The molecule has 94 valence electrons. The lowest BCUT2D eigenvalue weighted by atomic mass is 9.97. The molecule has 2 N–H and O–H groups in total. The minimum atomic E-state index is -0.493. The number of nitrogen functional groups attached to an aromatic ring is 1. The van der Waals surface area contributed by atoms with Crippen molar-refractivity contribution >= 4 is 5.82 Å². The Morgan fingerprint density at radius 3 is 2.78 bits per heavy atom.